The van der Waals surface area contributed by atoms with Crippen LogP contribution in [0, 0.1) is 5.92 Å². The van der Waals surface area contributed by atoms with Crippen molar-refractivity contribution in [3.63, 3.8) is 0 Å². The molecule has 4 heterocycles. The van der Waals surface area contributed by atoms with Gasteiger partial charge in [0.15, 0.2) is 0 Å². The number of hydrogen-bond donors (Lipinski definition) is 0. The molecule has 1 aromatic heterocycles. The zero-order valence-electron chi connectivity index (χ0n) is 15.5. The maximum absolute atomic E-state index is 12.9. The van der Waals surface area contributed by atoms with Crippen molar-refractivity contribution in [1.29, 1.82) is 0 Å². The van der Waals surface area contributed by atoms with Gasteiger partial charge in [0, 0.05) is 56.6 Å². The van der Waals surface area contributed by atoms with Crippen LogP contribution >= 0.6 is 0 Å². The lowest BCUT2D eigenvalue weighted by Crippen LogP contribution is -2.47. The summed E-state index contributed by atoms with van der Waals surface area (Å²) < 4.78 is 2.00. The molecule has 0 aliphatic carbocycles. The number of amides is 2. The Labute approximate surface area is 159 Å². The third-order valence-corrected chi connectivity index (χ3v) is 5.71. The molecule has 0 spiro atoms. The minimum atomic E-state index is 0.0851. The summed E-state index contributed by atoms with van der Waals surface area (Å²) in [5.74, 6) is 0.690. The SMILES string of the molecule is O=C(c1ccccc1)N1C[C@H]2CC[C@@H](C1)N(C(=O)CCCn1ccnc1)C2. The minimum Gasteiger partial charge on any atom is -0.338 e. The van der Waals surface area contributed by atoms with Crippen LogP contribution in [-0.4, -0.2) is 56.8 Å². The van der Waals surface area contributed by atoms with Gasteiger partial charge in [-0.3, -0.25) is 9.59 Å². The molecule has 27 heavy (non-hydrogen) atoms. The van der Waals surface area contributed by atoms with Gasteiger partial charge < -0.3 is 14.4 Å². The number of aromatic nitrogens is 2. The molecule has 3 fully saturated rings. The van der Waals surface area contributed by atoms with Crippen molar-refractivity contribution in [3.8, 4) is 0 Å². The predicted octanol–water partition coefficient (Wildman–Crippen LogP) is 2.43. The van der Waals surface area contributed by atoms with Crippen LogP contribution in [0.5, 0.6) is 0 Å². The Morgan fingerprint density at radius 3 is 2.70 bits per heavy atom. The molecule has 0 unspecified atom stereocenters. The van der Waals surface area contributed by atoms with Gasteiger partial charge in [0.2, 0.25) is 5.91 Å². The van der Waals surface area contributed by atoms with Crippen molar-refractivity contribution >= 4 is 11.8 Å². The first-order chi connectivity index (χ1) is 13.2. The summed E-state index contributed by atoms with van der Waals surface area (Å²) in [7, 11) is 0. The zero-order chi connectivity index (χ0) is 18.6. The number of carbonyl (C=O) groups excluding carboxylic acids is 2. The number of hydrogen-bond acceptors (Lipinski definition) is 3. The average molecular weight is 366 g/mol. The highest BCUT2D eigenvalue weighted by Crippen LogP contribution is 2.29. The van der Waals surface area contributed by atoms with Crippen LogP contribution in [0.1, 0.15) is 36.0 Å². The fourth-order valence-corrected chi connectivity index (χ4v) is 4.29. The number of carbonyl (C=O) groups is 2. The Morgan fingerprint density at radius 1 is 1.07 bits per heavy atom. The monoisotopic (exact) mass is 366 g/mol. The van der Waals surface area contributed by atoms with E-state index < -0.39 is 0 Å². The van der Waals surface area contributed by atoms with Crippen molar-refractivity contribution in [1.82, 2.24) is 19.4 Å². The number of imidazole rings is 1. The maximum atomic E-state index is 12.9. The van der Waals surface area contributed by atoms with Gasteiger partial charge in [0.1, 0.15) is 0 Å². The van der Waals surface area contributed by atoms with Crippen molar-refractivity contribution in [2.24, 2.45) is 5.92 Å². The van der Waals surface area contributed by atoms with Gasteiger partial charge in [0.25, 0.3) is 5.91 Å². The summed E-state index contributed by atoms with van der Waals surface area (Å²) in [6, 6.07) is 9.61. The summed E-state index contributed by atoms with van der Waals surface area (Å²) in [4.78, 5) is 33.7. The second kappa shape index (κ2) is 7.94. The van der Waals surface area contributed by atoms with Crippen molar-refractivity contribution in [2.45, 2.75) is 38.3 Å². The Hall–Kier alpha value is -2.63. The molecule has 6 heteroatoms. The van der Waals surface area contributed by atoms with Crippen LogP contribution in [-0.2, 0) is 11.3 Å². The summed E-state index contributed by atoms with van der Waals surface area (Å²) in [6.07, 6.45) is 8.92. The Kier molecular flexibility index (Phi) is 5.23. The number of fused-ring (bicyclic) bond motifs is 4. The Morgan fingerprint density at radius 2 is 1.93 bits per heavy atom. The molecule has 2 amide bonds. The van der Waals surface area contributed by atoms with Crippen LogP contribution in [0.4, 0.5) is 0 Å². The van der Waals surface area contributed by atoms with Crippen molar-refractivity contribution < 1.29 is 9.59 Å². The molecule has 3 aliphatic rings. The van der Waals surface area contributed by atoms with Gasteiger partial charge >= 0.3 is 0 Å². The lowest BCUT2D eigenvalue weighted by Gasteiger charge is -2.36. The lowest BCUT2D eigenvalue weighted by molar-refractivity contribution is -0.135. The molecule has 6 nitrogen and oxygen atoms in total. The van der Waals surface area contributed by atoms with E-state index in [4.69, 9.17) is 0 Å². The molecule has 1 aromatic carbocycles. The van der Waals surface area contributed by atoms with E-state index >= 15 is 0 Å². The zero-order valence-corrected chi connectivity index (χ0v) is 15.5. The Balaban J connectivity index is 1.37. The molecule has 0 N–H and O–H groups in total. The number of rotatable bonds is 5. The van der Waals surface area contributed by atoms with Gasteiger partial charge in [-0.05, 0) is 37.3 Å². The van der Waals surface area contributed by atoms with Gasteiger partial charge in [-0.25, -0.2) is 4.98 Å². The normalized spacial score (nSPS) is 21.9. The minimum absolute atomic E-state index is 0.0851. The summed E-state index contributed by atoms with van der Waals surface area (Å²) in [6.45, 7) is 3.00. The van der Waals surface area contributed by atoms with Gasteiger partial charge in [-0.1, -0.05) is 18.2 Å². The summed E-state index contributed by atoms with van der Waals surface area (Å²) in [5.41, 5.74) is 0.733. The van der Waals surface area contributed by atoms with Crippen molar-refractivity contribution in [2.75, 3.05) is 19.6 Å². The van der Waals surface area contributed by atoms with E-state index in [2.05, 4.69) is 4.98 Å². The fourth-order valence-electron chi connectivity index (χ4n) is 4.29. The highest BCUT2D eigenvalue weighted by Gasteiger charge is 2.38. The second-order valence-corrected chi connectivity index (χ2v) is 7.62. The molecule has 0 radical (unpaired) electrons. The fraction of sp³-hybridized carbons (Fsp3) is 0.476. The predicted molar refractivity (Wildman–Crippen MR) is 102 cm³/mol. The van der Waals surface area contributed by atoms with Crippen LogP contribution in [0.25, 0.3) is 0 Å². The number of benzene rings is 1. The van der Waals surface area contributed by atoms with E-state index in [0.717, 1.165) is 44.5 Å². The van der Waals surface area contributed by atoms with Crippen LogP contribution in [0.3, 0.4) is 0 Å². The first-order valence-corrected chi connectivity index (χ1v) is 9.80. The molecule has 2 aromatic rings. The first kappa shape index (κ1) is 17.8. The van der Waals surface area contributed by atoms with Gasteiger partial charge in [0.05, 0.1) is 6.33 Å². The Bertz CT molecular complexity index is 775. The first-order valence-electron chi connectivity index (χ1n) is 9.80. The van der Waals surface area contributed by atoms with Gasteiger partial charge in [-0.2, -0.15) is 0 Å². The highest BCUT2D eigenvalue weighted by atomic mass is 16.2. The molecule has 142 valence electrons. The standard InChI is InChI=1S/C21H26N4O2/c26-20(7-4-11-23-12-10-22-16-23)25-14-17-8-9-19(25)15-24(13-17)21(27)18-5-2-1-3-6-18/h1-3,5-6,10,12,16-17,19H,4,7-9,11,13-15H2/t17-,19+/m1/s1. The van der Waals surface area contributed by atoms with Crippen LogP contribution in [0.15, 0.2) is 49.1 Å². The largest absolute Gasteiger partial charge is 0.338 e. The lowest BCUT2D eigenvalue weighted by atomic mass is 9.94. The smallest absolute Gasteiger partial charge is 0.253 e. The molecule has 2 bridgehead atoms. The second-order valence-electron chi connectivity index (χ2n) is 7.62. The maximum Gasteiger partial charge on any atom is 0.253 e. The summed E-state index contributed by atoms with van der Waals surface area (Å²) >= 11 is 0. The number of piperidine rings is 1. The van der Waals surface area contributed by atoms with E-state index in [1.807, 2.05) is 50.9 Å². The van der Waals surface area contributed by atoms with E-state index in [-0.39, 0.29) is 17.9 Å². The van der Waals surface area contributed by atoms with E-state index in [1.54, 1.807) is 12.5 Å². The van der Waals surface area contributed by atoms with Gasteiger partial charge in [-0.15, -0.1) is 0 Å². The molecule has 3 aliphatic heterocycles. The van der Waals surface area contributed by atoms with E-state index in [9.17, 15) is 9.59 Å². The van der Waals surface area contributed by atoms with Crippen LogP contribution in [0.2, 0.25) is 0 Å². The third-order valence-electron chi connectivity index (χ3n) is 5.71. The number of aryl methyl sites for hydroxylation is 1. The molecular formula is C21H26N4O2. The number of nitrogens with zero attached hydrogens (tertiary/aromatic N) is 4. The third kappa shape index (κ3) is 4.04. The average Bonchev–Trinajstić information content (AvgIpc) is 3.05. The quantitative estimate of drug-likeness (QED) is 0.817. The molecule has 0 saturated carbocycles. The highest BCUT2D eigenvalue weighted by molar-refractivity contribution is 5.94. The van der Waals surface area contributed by atoms with E-state index in [1.165, 1.54) is 0 Å². The molecular weight excluding hydrogens is 340 g/mol. The summed E-state index contributed by atoms with van der Waals surface area (Å²) in [5, 5.41) is 0. The van der Waals surface area contributed by atoms with Crippen molar-refractivity contribution in [3.05, 3.63) is 54.6 Å². The molecule has 3 saturated heterocycles. The topological polar surface area (TPSA) is 58.4 Å². The van der Waals surface area contributed by atoms with Crippen LogP contribution < -0.4 is 0 Å². The molecule has 2 atom stereocenters. The molecule has 5 rings (SSSR count). The van der Waals surface area contributed by atoms with E-state index in [0.29, 0.717) is 18.9 Å².